The number of rotatable bonds is 1. The molecule has 0 heterocycles. The highest BCUT2D eigenvalue weighted by Crippen LogP contribution is 2.39. The highest BCUT2D eigenvalue weighted by atomic mass is 35.5. The van der Waals surface area contributed by atoms with Gasteiger partial charge in [-0.2, -0.15) is 0 Å². The van der Waals surface area contributed by atoms with Crippen molar-refractivity contribution in [2.45, 2.75) is 0 Å². The normalized spacial score (nSPS) is 11.7. The molecule has 0 saturated carbocycles. The fraction of sp³-hybridized carbons (Fsp3) is 0.250. The van der Waals surface area contributed by atoms with E-state index in [-0.39, 0.29) is 0 Å². The lowest BCUT2D eigenvalue weighted by Crippen LogP contribution is -2.04. The number of hydrogen-bond acceptors (Lipinski definition) is 1. The monoisotopic (exact) mass is 222 g/mol. The molecule has 0 aliphatic heterocycles. The Morgan fingerprint density at radius 3 is 2.25 bits per heavy atom. The summed E-state index contributed by atoms with van der Waals surface area (Å²) in [6.45, 7) is 3.34. The van der Waals surface area contributed by atoms with Crippen LogP contribution >= 0.6 is 30.3 Å². The van der Waals surface area contributed by atoms with Crippen LogP contribution in [0.25, 0.3) is 0 Å². The van der Waals surface area contributed by atoms with Crippen LogP contribution in [0.5, 0.6) is 0 Å². The zero-order valence-corrected chi connectivity index (χ0v) is 9.25. The maximum Gasteiger partial charge on any atom is 0.111 e. The van der Waals surface area contributed by atoms with Gasteiger partial charge in [-0.1, -0.05) is 29.3 Å². The van der Waals surface area contributed by atoms with Gasteiger partial charge in [0.05, 0.1) is 10.0 Å². The smallest absolute Gasteiger partial charge is 0.111 e. The largest absolute Gasteiger partial charge is 0.319 e. The number of hydrogen-bond donors (Lipinski definition) is 0. The summed E-state index contributed by atoms with van der Waals surface area (Å²) >= 11 is 11.6. The molecule has 12 heavy (non-hydrogen) atoms. The van der Waals surface area contributed by atoms with Gasteiger partial charge in [0.1, 0.15) is 7.14 Å². The molecule has 1 rings (SSSR count). The van der Waals surface area contributed by atoms with Gasteiger partial charge in [-0.05, 0) is 25.5 Å². The predicted molar refractivity (Wildman–Crippen MR) is 55.6 cm³/mol. The summed E-state index contributed by atoms with van der Waals surface area (Å²) < 4.78 is 11.6. The molecule has 0 aliphatic carbocycles. The summed E-state index contributed by atoms with van der Waals surface area (Å²) in [4.78, 5) is 0. The molecule has 0 amide bonds. The van der Waals surface area contributed by atoms with E-state index in [9.17, 15) is 4.57 Å². The Morgan fingerprint density at radius 2 is 1.83 bits per heavy atom. The molecule has 0 aliphatic rings. The molecule has 0 N–H and O–H groups in total. The van der Waals surface area contributed by atoms with Crippen LogP contribution < -0.4 is 5.30 Å². The van der Waals surface area contributed by atoms with E-state index in [0.29, 0.717) is 15.3 Å². The second-order valence-electron chi connectivity index (χ2n) is 2.92. The summed E-state index contributed by atoms with van der Waals surface area (Å²) in [5.41, 5.74) is 0. The second-order valence-corrected chi connectivity index (χ2v) is 6.89. The van der Waals surface area contributed by atoms with Gasteiger partial charge in [-0.3, -0.25) is 0 Å². The summed E-state index contributed by atoms with van der Waals surface area (Å²) in [5, 5.41) is 1.52. The third-order valence-corrected chi connectivity index (χ3v) is 4.00. The van der Waals surface area contributed by atoms with Gasteiger partial charge in [-0.15, -0.1) is 0 Å². The minimum atomic E-state index is -2.30. The maximum atomic E-state index is 11.6. The van der Waals surface area contributed by atoms with E-state index in [2.05, 4.69) is 0 Å². The molecule has 0 bridgehead atoms. The average Bonchev–Trinajstić information content (AvgIpc) is 1.92. The summed E-state index contributed by atoms with van der Waals surface area (Å²) in [5.74, 6) is 0. The van der Waals surface area contributed by atoms with Crippen LogP contribution in [0.15, 0.2) is 18.2 Å². The van der Waals surface area contributed by atoms with Gasteiger partial charge >= 0.3 is 0 Å². The number of benzene rings is 1. The molecule has 0 unspecified atom stereocenters. The highest BCUT2D eigenvalue weighted by molar-refractivity contribution is 7.70. The highest BCUT2D eigenvalue weighted by Gasteiger charge is 2.16. The molecule has 0 spiro atoms. The van der Waals surface area contributed by atoms with Gasteiger partial charge < -0.3 is 4.57 Å². The van der Waals surface area contributed by atoms with Crippen molar-refractivity contribution < 1.29 is 4.57 Å². The SMILES string of the molecule is CP(C)(=O)c1cccc(Cl)c1Cl. The molecule has 0 saturated heterocycles. The van der Waals surface area contributed by atoms with E-state index < -0.39 is 7.14 Å². The topological polar surface area (TPSA) is 17.1 Å². The standard InChI is InChI=1S/C8H9Cl2OP/c1-12(2,11)7-5-3-4-6(9)8(7)10/h3-5H,1-2H3. The van der Waals surface area contributed by atoms with E-state index >= 15 is 0 Å². The Labute approximate surface area is 82.1 Å². The molecule has 4 heteroatoms. The first-order valence-electron chi connectivity index (χ1n) is 3.42. The van der Waals surface area contributed by atoms with Gasteiger partial charge in [0.15, 0.2) is 0 Å². The summed E-state index contributed by atoms with van der Waals surface area (Å²) in [7, 11) is -2.30. The predicted octanol–water partition coefficient (Wildman–Crippen LogP) is 3.24. The van der Waals surface area contributed by atoms with Gasteiger partial charge in [-0.25, -0.2) is 0 Å². The molecular weight excluding hydrogens is 214 g/mol. The van der Waals surface area contributed by atoms with Crippen LogP contribution in [0.1, 0.15) is 0 Å². The minimum absolute atomic E-state index is 0.410. The van der Waals surface area contributed by atoms with Crippen LogP contribution in [0.3, 0.4) is 0 Å². The van der Waals surface area contributed by atoms with Crippen LogP contribution in [0.2, 0.25) is 10.0 Å². The van der Waals surface area contributed by atoms with Crippen LogP contribution in [0, 0.1) is 0 Å². The van der Waals surface area contributed by atoms with E-state index in [1.54, 1.807) is 31.5 Å². The van der Waals surface area contributed by atoms with Crippen molar-refractivity contribution in [1.82, 2.24) is 0 Å². The maximum absolute atomic E-state index is 11.6. The molecular formula is C8H9Cl2OP. The van der Waals surface area contributed by atoms with Crippen molar-refractivity contribution in [3.05, 3.63) is 28.2 Å². The Morgan fingerprint density at radius 1 is 1.25 bits per heavy atom. The Hall–Kier alpha value is 0.0300. The van der Waals surface area contributed by atoms with E-state index in [1.807, 2.05) is 0 Å². The third-order valence-electron chi connectivity index (χ3n) is 1.51. The molecule has 1 nitrogen and oxygen atoms in total. The molecule has 66 valence electrons. The van der Waals surface area contributed by atoms with Crippen LogP contribution in [-0.2, 0) is 4.57 Å². The van der Waals surface area contributed by atoms with Crippen molar-refractivity contribution >= 4 is 35.6 Å². The molecule has 0 fully saturated rings. The zero-order valence-electron chi connectivity index (χ0n) is 6.84. The lowest BCUT2D eigenvalue weighted by atomic mass is 10.4. The first-order chi connectivity index (χ1) is 5.43. The summed E-state index contributed by atoms with van der Waals surface area (Å²) in [6, 6.07) is 5.18. The first-order valence-corrected chi connectivity index (χ1v) is 6.78. The molecule has 0 aromatic heterocycles. The molecule has 0 atom stereocenters. The van der Waals surface area contributed by atoms with Gasteiger partial charge in [0.25, 0.3) is 0 Å². The van der Waals surface area contributed by atoms with E-state index in [0.717, 1.165) is 0 Å². The van der Waals surface area contributed by atoms with E-state index in [1.165, 1.54) is 0 Å². The lowest BCUT2D eigenvalue weighted by molar-refractivity contribution is 0.588. The average molecular weight is 223 g/mol. The van der Waals surface area contributed by atoms with Gasteiger partial charge in [0, 0.05) is 5.30 Å². The molecule has 0 radical (unpaired) electrons. The fourth-order valence-electron chi connectivity index (χ4n) is 0.908. The van der Waals surface area contributed by atoms with Crippen molar-refractivity contribution in [3.63, 3.8) is 0 Å². The second kappa shape index (κ2) is 3.41. The van der Waals surface area contributed by atoms with E-state index in [4.69, 9.17) is 23.2 Å². The molecule has 1 aromatic rings. The molecule has 1 aromatic carbocycles. The number of halogens is 2. The zero-order chi connectivity index (χ0) is 9.35. The van der Waals surface area contributed by atoms with Crippen molar-refractivity contribution in [3.8, 4) is 0 Å². The van der Waals surface area contributed by atoms with Crippen LogP contribution in [-0.4, -0.2) is 13.3 Å². The summed E-state index contributed by atoms with van der Waals surface area (Å²) in [6.07, 6.45) is 0. The Bertz CT molecular complexity index is 343. The quantitative estimate of drug-likeness (QED) is 0.668. The third kappa shape index (κ3) is 2.04. The van der Waals surface area contributed by atoms with Crippen molar-refractivity contribution in [2.24, 2.45) is 0 Å². The van der Waals surface area contributed by atoms with Crippen molar-refractivity contribution in [2.75, 3.05) is 13.3 Å². The lowest BCUT2D eigenvalue weighted by Gasteiger charge is -2.09. The minimum Gasteiger partial charge on any atom is -0.319 e. The first kappa shape index (κ1) is 10.1. The fourth-order valence-corrected chi connectivity index (χ4v) is 2.92. The van der Waals surface area contributed by atoms with Crippen molar-refractivity contribution in [1.29, 1.82) is 0 Å². The van der Waals surface area contributed by atoms with Gasteiger partial charge in [0.2, 0.25) is 0 Å². The Kier molecular flexibility index (Phi) is 2.88. The Balaban J connectivity index is 3.36. The van der Waals surface area contributed by atoms with Crippen LogP contribution in [0.4, 0.5) is 0 Å².